The number of benzene rings is 3. The van der Waals surface area contributed by atoms with E-state index in [0.717, 1.165) is 10.9 Å². The molecule has 32 heavy (non-hydrogen) atoms. The minimum Gasteiger partial charge on any atom is -0.497 e. The maximum Gasteiger partial charge on any atom is 0.352 e. The van der Waals surface area contributed by atoms with E-state index in [0.29, 0.717) is 35.5 Å². The second-order valence-corrected chi connectivity index (χ2v) is 7.83. The quantitative estimate of drug-likeness (QED) is 0.371. The van der Waals surface area contributed by atoms with Gasteiger partial charge in [-0.2, -0.15) is 0 Å². The first-order valence-corrected chi connectivity index (χ1v) is 10.5. The Balaban J connectivity index is 1.78. The zero-order chi connectivity index (χ0) is 22.7. The molecular formula is C25H22ClFN2O3. The summed E-state index contributed by atoms with van der Waals surface area (Å²) in [5.41, 5.74) is 3.27. The fraction of sp³-hybridized carbons (Fsp3) is 0.160. The lowest BCUT2D eigenvalue weighted by atomic mass is 10.1. The van der Waals surface area contributed by atoms with Crippen LogP contribution in [0.15, 0.2) is 66.7 Å². The molecule has 0 unspecified atom stereocenters. The molecule has 0 bridgehead atoms. The van der Waals surface area contributed by atoms with Crippen LogP contribution in [0.1, 0.15) is 27.2 Å². The minimum absolute atomic E-state index is 0.161. The highest BCUT2D eigenvalue weighted by molar-refractivity contribution is 6.31. The molecule has 3 aromatic carbocycles. The number of halogens is 2. The molecule has 0 radical (unpaired) electrons. The third-order valence-electron chi connectivity index (χ3n) is 5.40. The van der Waals surface area contributed by atoms with Crippen molar-refractivity contribution < 1.29 is 19.0 Å². The van der Waals surface area contributed by atoms with E-state index in [9.17, 15) is 14.3 Å². The topological polar surface area (TPSA) is 63.5 Å². The number of carboxylic acid groups (broad SMARTS) is 1. The van der Waals surface area contributed by atoms with Crippen LogP contribution in [0.4, 0.5) is 4.39 Å². The van der Waals surface area contributed by atoms with Gasteiger partial charge in [-0.15, -0.1) is 0 Å². The lowest BCUT2D eigenvalue weighted by Crippen LogP contribution is -2.17. The van der Waals surface area contributed by atoms with Crippen LogP contribution in [0.5, 0.6) is 5.75 Å². The number of nitrogens with zero attached hydrogens (tertiary/aromatic N) is 1. The Morgan fingerprint density at radius 1 is 1.09 bits per heavy atom. The van der Waals surface area contributed by atoms with Gasteiger partial charge >= 0.3 is 5.97 Å². The van der Waals surface area contributed by atoms with Gasteiger partial charge in [0.15, 0.2) is 0 Å². The summed E-state index contributed by atoms with van der Waals surface area (Å²) in [6, 6.07) is 19.5. The first kappa shape index (κ1) is 21.9. The number of carboxylic acids is 1. The molecule has 0 spiro atoms. The van der Waals surface area contributed by atoms with Gasteiger partial charge in [-0.05, 0) is 35.4 Å². The highest BCUT2D eigenvalue weighted by atomic mass is 35.5. The molecule has 4 rings (SSSR count). The molecule has 0 aliphatic carbocycles. The van der Waals surface area contributed by atoms with E-state index in [-0.39, 0.29) is 17.3 Å². The molecule has 1 aromatic heterocycles. The Labute approximate surface area is 190 Å². The van der Waals surface area contributed by atoms with Gasteiger partial charge in [-0.3, -0.25) is 0 Å². The van der Waals surface area contributed by atoms with Crippen molar-refractivity contribution in [2.24, 2.45) is 0 Å². The molecule has 0 amide bonds. The number of aromatic nitrogens is 1. The van der Waals surface area contributed by atoms with Crippen LogP contribution >= 0.6 is 11.6 Å². The number of ether oxygens (including phenoxy) is 1. The zero-order valence-corrected chi connectivity index (χ0v) is 18.2. The van der Waals surface area contributed by atoms with E-state index >= 15 is 0 Å². The number of rotatable bonds is 8. The molecule has 0 aliphatic heterocycles. The van der Waals surface area contributed by atoms with Gasteiger partial charge in [0.2, 0.25) is 0 Å². The third kappa shape index (κ3) is 4.47. The Kier molecular flexibility index (Phi) is 6.44. The molecule has 2 N–H and O–H groups in total. The van der Waals surface area contributed by atoms with Gasteiger partial charge in [0.1, 0.15) is 17.3 Å². The van der Waals surface area contributed by atoms with E-state index < -0.39 is 11.8 Å². The monoisotopic (exact) mass is 452 g/mol. The van der Waals surface area contributed by atoms with E-state index in [2.05, 4.69) is 5.32 Å². The summed E-state index contributed by atoms with van der Waals surface area (Å²) >= 11 is 6.24. The van der Waals surface area contributed by atoms with Crippen molar-refractivity contribution in [1.29, 1.82) is 0 Å². The van der Waals surface area contributed by atoms with Crippen molar-refractivity contribution >= 4 is 28.5 Å². The largest absolute Gasteiger partial charge is 0.497 e. The summed E-state index contributed by atoms with van der Waals surface area (Å²) in [5, 5.41) is 14.5. The Bertz CT molecular complexity index is 1270. The Morgan fingerprint density at radius 2 is 1.88 bits per heavy atom. The van der Waals surface area contributed by atoms with Crippen molar-refractivity contribution in [1.82, 2.24) is 9.88 Å². The first-order chi connectivity index (χ1) is 15.5. The number of methoxy groups -OCH3 is 1. The van der Waals surface area contributed by atoms with E-state index in [4.69, 9.17) is 16.3 Å². The van der Waals surface area contributed by atoms with Gasteiger partial charge in [0, 0.05) is 41.7 Å². The number of hydrogen-bond donors (Lipinski definition) is 2. The highest BCUT2D eigenvalue weighted by Gasteiger charge is 2.23. The fourth-order valence-electron chi connectivity index (χ4n) is 3.86. The van der Waals surface area contributed by atoms with Crippen molar-refractivity contribution in [2.75, 3.05) is 7.11 Å². The molecular weight excluding hydrogens is 431 g/mol. The Morgan fingerprint density at radius 3 is 2.56 bits per heavy atom. The lowest BCUT2D eigenvalue weighted by molar-refractivity contribution is 0.0684. The lowest BCUT2D eigenvalue weighted by Gasteiger charge is -2.12. The summed E-state index contributed by atoms with van der Waals surface area (Å²) in [6.07, 6.45) is 0. The maximum absolute atomic E-state index is 13.5. The molecule has 0 aliphatic rings. The van der Waals surface area contributed by atoms with Crippen LogP contribution in [-0.2, 0) is 19.6 Å². The standard InChI is InChI=1S/C25H22ClFN2O3/c1-32-19-9-10-20-21(14-28-13-16-5-3-2-4-6-16)24(25(30)31)29(23(20)12-19)15-17-7-8-18(27)11-22(17)26/h2-12,28H,13-15H2,1H3,(H,30,31). The molecule has 0 saturated heterocycles. The van der Waals surface area contributed by atoms with Crippen LogP contribution < -0.4 is 10.1 Å². The number of carbonyl (C=O) groups is 1. The maximum atomic E-state index is 13.5. The molecule has 0 fully saturated rings. The van der Waals surface area contributed by atoms with Crippen LogP contribution in [0, 0.1) is 5.82 Å². The molecule has 5 nitrogen and oxygen atoms in total. The molecule has 7 heteroatoms. The van der Waals surface area contributed by atoms with Gasteiger partial charge < -0.3 is 19.7 Å². The summed E-state index contributed by atoms with van der Waals surface area (Å²) in [4.78, 5) is 12.4. The highest BCUT2D eigenvalue weighted by Crippen LogP contribution is 2.31. The molecule has 0 saturated carbocycles. The number of hydrogen-bond acceptors (Lipinski definition) is 3. The van der Waals surface area contributed by atoms with E-state index in [1.165, 1.54) is 12.1 Å². The average Bonchev–Trinajstić information content (AvgIpc) is 3.09. The van der Waals surface area contributed by atoms with Crippen LogP contribution in [0.2, 0.25) is 5.02 Å². The fourth-order valence-corrected chi connectivity index (χ4v) is 4.09. The van der Waals surface area contributed by atoms with E-state index in [1.54, 1.807) is 23.8 Å². The number of aromatic carboxylic acids is 1. The summed E-state index contributed by atoms with van der Waals surface area (Å²) < 4.78 is 20.6. The normalized spacial score (nSPS) is 11.1. The smallest absolute Gasteiger partial charge is 0.352 e. The predicted molar refractivity (Wildman–Crippen MR) is 123 cm³/mol. The molecule has 1 heterocycles. The van der Waals surface area contributed by atoms with E-state index in [1.807, 2.05) is 42.5 Å². The van der Waals surface area contributed by atoms with Gasteiger partial charge in [-0.25, -0.2) is 9.18 Å². The third-order valence-corrected chi connectivity index (χ3v) is 5.75. The predicted octanol–water partition coefficient (Wildman–Crippen LogP) is 5.48. The number of fused-ring (bicyclic) bond motifs is 1. The second-order valence-electron chi connectivity index (χ2n) is 7.43. The van der Waals surface area contributed by atoms with Crippen molar-refractivity contribution in [2.45, 2.75) is 19.6 Å². The summed E-state index contributed by atoms with van der Waals surface area (Å²) in [6.45, 7) is 1.15. The van der Waals surface area contributed by atoms with Crippen LogP contribution in [-0.4, -0.2) is 22.8 Å². The number of nitrogens with one attached hydrogen (secondary N) is 1. The van der Waals surface area contributed by atoms with Crippen LogP contribution in [0.3, 0.4) is 0 Å². The zero-order valence-electron chi connectivity index (χ0n) is 17.4. The minimum atomic E-state index is -1.05. The van der Waals surface area contributed by atoms with Gasteiger partial charge in [-0.1, -0.05) is 48.0 Å². The van der Waals surface area contributed by atoms with Gasteiger partial charge in [0.25, 0.3) is 0 Å². The second kappa shape index (κ2) is 9.42. The molecule has 164 valence electrons. The average molecular weight is 453 g/mol. The van der Waals surface area contributed by atoms with Crippen LogP contribution in [0.25, 0.3) is 10.9 Å². The van der Waals surface area contributed by atoms with Crippen molar-refractivity contribution in [3.05, 3.63) is 100.0 Å². The molecule has 4 aromatic rings. The Hall–Kier alpha value is -3.35. The summed E-state index contributed by atoms with van der Waals surface area (Å²) in [5.74, 6) is -0.876. The SMILES string of the molecule is COc1ccc2c(CNCc3ccccc3)c(C(=O)O)n(Cc3ccc(F)cc3Cl)c2c1. The summed E-state index contributed by atoms with van der Waals surface area (Å²) in [7, 11) is 1.56. The first-order valence-electron chi connectivity index (χ1n) is 10.1. The van der Waals surface area contributed by atoms with Crippen molar-refractivity contribution in [3.8, 4) is 5.75 Å². The van der Waals surface area contributed by atoms with Crippen molar-refractivity contribution in [3.63, 3.8) is 0 Å². The molecule has 0 atom stereocenters. The van der Waals surface area contributed by atoms with Gasteiger partial charge in [0.05, 0.1) is 12.6 Å².